The number of nitrogens with zero attached hydrogens (tertiary/aromatic N) is 1. The Hall–Kier alpha value is -1.73. The lowest BCUT2D eigenvalue weighted by atomic mass is 10.1. The third kappa shape index (κ3) is 2.46. The molecule has 7 heteroatoms. The monoisotopic (exact) mass is 280 g/mol. The number of aromatic nitrogens is 1. The number of hydrogen-bond acceptors (Lipinski definition) is 5. The van der Waals surface area contributed by atoms with Gasteiger partial charge in [-0.2, -0.15) is 0 Å². The number of hydrazine groups is 1. The highest BCUT2D eigenvalue weighted by Gasteiger charge is 2.41. The maximum absolute atomic E-state index is 14.0. The molecule has 1 saturated heterocycles. The van der Waals surface area contributed by atoms with Gasteiger partial charge in [0.1, 0.15) is 0 Å². The molecular weight excluding hydrogens is 263 g/mol. The van der Waals surface area contributed by atoms with Crippen molar-refractivity contribution in [3.8, 4) is 0 Å². The second-order valence-electron chi connectivity index (χ2n) is 5.21. The number of pyridine rings is 1. The normalized spacial score (nSPS) is 25.5. The van der Waals surface area contributed by atoms with Gasteiger partial charge >= 0.3 is 0 Å². The SMILES string of the molecule is NNc1nccc(C(=O)NC2CCOC2C2CC2)c1F. The van der Waals surface area contributed by atoms with Crippen molar-refractivity contribution >= 4 is 11.7 Å². The van der Waals surface area contributed by atoms with Gasteiger partial charge in [-0.1, -0.05) is 0 Å². The lowest BCUT2D eigenvalue weighted by Gasteiger charge is -2.19. The zero-order valence-electron chi connectivity index (χ0n) is 10.9. The summed E-state index contributed by atoms with van der Waals surface area (Å²) in [5.41, 5.74) is 2.07. The number of carbonyl (C=O) groups excluding carboxylic acids is 1. The Labute approximate surface area is 115 Å². The first-order valence-electron chi connectivity index (χ1n) is 6.74. The molecular formula is C13H17FN4O2. The second kappa shape index (κ2) is 5.34. The largest absolute Gasteiger partial charge is 0.376 e. The fourth-order valence-corrected chi connectivity index (χ4v) is 2.62. The summed E-state index contributed by atoms with van der Waals surface area (Å²) in [6, 6.07) is 1.30. The summed E-state index contributed by atoms with van der Waals surface area (Å²) in [6.07, 6.45) is 4.46. The summed E-state index contributed by atoms with van der Waals surface area (Å²) in [5, 5.41) is 2.86. The van der Waals surface area contributed by atoms with Gasteiger partial charge in [-0.3, -0.25) is 4.79 Å². The van der Waals surface area contributed by atoms with Gasteiger partial charge in [0.2, 0.25) is 0 Å². The molecule has 0 aromatic carbocycles. The van der Waals surface area contributed by atoms with Crippen LogP contribution in [0.3, 0.4) is 0 Å². The number of amides is 1. The fourth-order valence-electron chi connectivity index (χ4n) is 2.62. The molecule has 1 aromatic rings. The summed E-state index contributed by atoms with van der Waals surface area (Å²) >= 11 is 0. The Morgan fingerprint density at radius 2 is 2.25 bits per heavy atom. The maximum atomic E-state index is 14.0. The van der Waals surface area contributed by atoms with Crippen LogP contribution < -0.4 is 16.6 Å². The topological polar surface area (TPSA) is 89.3 Å². The summed E-state index contributed by atoms with van der Waals surface area (Å²) in [6.45, 7) is 0.639. The van der Waals surface area contributed by atoms with Gasteiger partial charge in [-0.15, -0.1) is 0 Å². The van der Waals surface area contributed by atoms with E-state index >= 15 is 0 Å². The number of halogens is 1. The quantitative estimate of drug-likeness (QED) is 0.561. The van der Waals surface area contributed by atoms with Crippen LogP contribution >= 0.6 is 0 Å². The first-order chi connectivity index (χ1) is 9.70. The van der Waals surface area contributed by atoms with E-state index in [1.54, 1.807) is 0 Å². The average Bonchev–Trinajstić information content (AvgIpc) is 3.19. The van der Waals surface area contributed by atoms with Crippen molar-refractivity contribution in [3.05, 3.63) is 23.6 Å². The molecule has 2 heterocycles. The van der Waals surface area contributed by atoms with E-state index in [2.05, 4.69) is 15.7 Å². The molecule has 1 aliphatic heterocycles. The van der Waals surface area contributed by atoms with Crippen LogP contribution in [-0.2, 0) is 4.74 Å². The van der Waals surface area contributed by atoms with Gasteiger partial charge in [0.25, 0.3) is 5.91 Å². The number of nitrogens with two attached hydrogens (primary N) is 1. The zero-order valence-corrected chi connectivity index (χ0v) is 10.9. The molecule has 2 aliphatic rings. The van der Waals surface area contributed by atoms with Crippen LogP contribution in [0.2, 0.25) is 0 Å². The van der Waals surface area contributed by atoms with Crippen LogP contribution in [0, 0.1) is 11.7 Å². The third-order valence-corrected chi connectivity index (χ3v) is 3.81. The molecule has 0 spiro atoms. The van der Waals surface area contributed by atoms with E-state index in [4.69, 9.17) is 10.6 Å². The summed E-state index contributed by atoms with van der Waals surface area (Å²) < 4.78 is 19.6. The minimum absolute atomic E-state index is 0.0446. The van der Waals surface area contributed by atoms with Crippen LogP contribution in [0.25, 0.3) is 0 Å². The van der Waals surface area contributed by atoms with Crippen LogP contribution in [0.5, 0.6) is 0 Å². The van der Waals surface area contributed by atoms with E-state index in [-0.39, 0.29) is 23.5 Å². The molecule has 1 saturated carbocycles. The molecule has 0 bridgehead atoms. The Kier molecular flexibility index (Phi) is 3.54. The van der Waals surface area contributed by atoms with Gasteiger partial charge in [-0.25, -0.2) is 15.2 Å². The van der Waals surface area contributed by atoms with Gasteiger partial charge in [0.15, 0.2) is 11.6 Å². The molecule has 1 aromatic heterocycles. The molecule has 2 atom stereocenters. The molecule has 3 rings (SSSR count). The Morgan fingerprint density at radius 3 is 2.95 bits per heavy atom. The van der Waals surface area contributed by atoms with Crippen molar-refractivity contribution in [3.63, 3.8) is 0 Å². The van der Waals surface area contributed by atoms with E-state index < -0.39 is 11.7 Å². The average molecular weight is 280 g/mol. The zero-order chi connectivity index (χ0) is 14.1. The molecule has 0 radical (unpaired) electrons. The van der Waals surface area contributed by atoms with E-state index in [0.29, 0.717) is 12.5 Å². The number of nitrogen functional groups attached to an aromatic ring is 1. The van der Waals surface area contributed by atoms with Crippen LogP contribution in [0.1, 0.15) is 29.6 Å². The number of anilines is 1. The Morgan fingerprint density at radius 1 is 1.45 bits per heavy atom. The van der Waals surface area contributed by atoms with Crippen molar-refractivity contribution in [2.75, 3.05) is 12.0 Å². The summed E-state index contributed by atoms with van der Waals surface area (Å²) in [4.78, 5) is 15.9. The van der Waals surface area contributed by atoms with Crippen molar-refractivity contribution in [2.24, 2.45) is 11.8 Å². The third-order valence-electron chi connectivity index (χ3n) is 3.81. The molecule has 2 unspecified atom stereocenters. The molecule has 1 aliphatic carbocycles. The minimum Gasteiger partial charge on any atom is -0.376 e. The van der Waals surface area contributed by atoms with Gasteiger partial charge in [0.05, 0.1) is 17.7 Å². The summed E-state index contributed by atoms with van der Waals surface area (Å²) in [5.74, 6) is 4.35. The van der Waals surface area contributed by atoms with Crippen LogP contribution in [0.15, 0.2) is 12.3 Å². The smallest absolute Gasteiger partial charge is 0.254 e. The number of rotatable bonds is 4. The molecule has 2 fully saturated rings. The van der Waals surface area contributed by atoms with Crippen molar-refractivity contribution in [2.45, 2.75) is 31.4 Å². The van der Waals surface area contributed by atoms with E-state index in [0.717, 1.165) is 19.3 Å². The molecule has 4 N–H and O–H groups in total. The lowest BCUT2D eigenvalue weighted by molar-refractivity contribution is 0.0727. The van der Waals surface area contributed by atoms with Crippen molar-refractivity contribution in [1.82, 2.24) is 10.3 Å². The van der Waals surface area contributed by atoms with Crippen molar-refractivity contribution < 1.29 is 13.9 Å². The Bertz CT molecular complexity index is 521. The molecule has 6 nitrogen and oxygen atoms in total. The molecule has 20 heavy (non-hydrogen) atoms. The van der Waals surface area contributed by atoms with Gasteiger partial charge in [0, 0.05) is 12.8 Å². The highest BCUT2D eigenvalue weighted by molar-refractivity contribution is 5.95. The summed E-state index contributed by atoms with van der Waals surface area (Å²) in [7, 11) is 0. The molecule has 1 amide bonds. The van der Waals surface area contributed by atoms with Gasteiger partial charge in [-0.05, 0) is 31.2 Å². The minimum atomic E-state index is -0.741. The number of ether oxygens (including phenoxy) is 1. The van der Waals surface area contributed by atoms with Gasteiger partial charge < -0.3 is 15.5 Å². The maximum Gasteiger partial charge on any atom is 0.254 e. The second-order valence-corrected chi connectivity index (χ2v) is 5.21. The predicted molar refractivity (Wildman–Crippen MR) is 70.3 cm³/mol. The standard InChI is InChI=1S/C13H17FN4O2/c14-10-8(3-5-16-12(10)18-15)13(19)17-9-4-6-20-11(9)7-1-2-7/h3,5,7,9,11H,1-2,4,6,15H2,(H,16,18)(H,17,19). The predicted octanol–water partition coefficient (Wildman–Crippen LogP) is 0.804. The first-order valence-corrected chi connectivity index (χ1v) is 6.74. The number of carbonyl (C=O) groups is 1. The Balaban J connectivity index is 1.72. The highest BCUT2D eigenvalue weighted by atomic mass is 19.1. The first kappa shape index (κ1) is 13.3. The number of hydrogen-bond donors (Lipinski definition) is 3. The van der Waals surface area contributed by atoms with E-state index in [1.165, 1.54) is 12.3 Å². The molecule has 108 valence electrons. The lowest BCUT2D eigenvalue weighted by Crippen LogP contribution is -2.41. The number of nitrogens with one attached hydrogen (secondary N) is 2. The van der Waals surface area contributed by atoms with E-state index in [1.807, 2.05) is 0 Å². The fraction of sp³-hybridized carbons (Fsp3) is 0.538. The van der Waals surface area contributed by atoms with Crippen LogP contribution in [-0.4, -0.2) is 29.6 Å². The highest BCUT2D eigenvalue weighted by Crippen LogP contribution is 2.38. The van der Waals surface area contributed by atoms with Crippen LogP contribution in [0.4, 0.5) is 10.2 Å². The van der Waals surface area contributed by atoms with E-state index in [9.17, 15) is 9.18 Å². The van der Waals surface area contributed by atoms with Crippen molar-refractivity contribution in [1.29, 1.82) is 0 Å².